The Labute approximate surface area is 93.0 Å². The Balaban J connectivity index is 2.24. The summed E-state index contributed by atoms with van der Waals surface area (Å²) in [5.41, 5.74) is 2.42. The van der Waals surface area contributed by atoms with Gasteiger partial charge in [0.05, 0.1) is 12.6 Å². The Morgan fingerprint density at radius 2 is 2.53 bits per heavy atom. The molecule has 0 atom stereocenters. The van der Waals surface area contributed by atoms with E-state index < -0.39 is 0 Å². The number of esters is 1. The number of nitrogens with one attached hydrogen (secondary N) is 1. The van der Waals surface area contributed by atoms with Gasteiger partial charge in [-0.05, 0) is 6.92 Å². The Morgan fingerprint density at radius 1 is 1.73 bits per heavy atom. The number of rotatable bonds is 5. The molecular weight excluding hydrogens is 212 g/mol. The van der Waals surface area contributed by atoms with Crippen LogP contribution in [-0.2, 0) is 16.1 Å². The van der Waals surface area contributed by atoms with Gasteiger partial charge in [0.25, 0.3) is 0 Å². The number of methoxy groups -OCH3 is 1. The van der Waals surface area contributed by atoms with Crippen molar-refractivity contribution in [3.8, 4) is 0 Å². The highest BCUT2D eigenvalue weighted by Crippen LogP contribution is 2.03. The van der Waals surface area contributed by atoms with Gasteiger partial charge in [0.15, 0.2) is 0 Å². The van der Waals surface area contributed by atoms with E-state index in [-0.39, 0.29) is 5.97 Å². The summed E-state index contributed by atoms with van der Waals surface area (Å²) in [6.07, 6.45) is 3.64. The summed E-state index contributed by atoms with van der Waals surface area (Å²) >= 11 is 1.61. The van der Waals surface area contributed by atoms with E-state index in [0.717, 1.165) is 6.54 Å². The van der Waals surface area contributed by atoms with Gasteiger partial charge >= 0.3 is 5.97 Å². The molecule has 0 fully saturated rings. The molecule has 1 heterocycles. The molecule has 82 valence electrons. The van der Waals surface area contributed by atoms with E-state index in [2.05, 4.69) is 15.0 Å². The van der Waals surface area contributed by atoms with Crippen LogP contribution in [0.15, 0.2) is 23.4 Å². The molecule has 15 heavy (non-hydrogen) atoms. The maximum atomic E-state index is 11.0. The monoisotopic (exact) mass is 226 g/mol. The van der Waals surface area contributed by atoms with Gasteiger partial charge in [0, 0.05) is 29.7 Å². The van der Waals surface area contributed by atoms with Crippen LogP contribution in [0.5, 0.6) is 0 Å². The van der Waals surface area contributed by atoms with E-state index in [1.54, 1.807) is 23.8 Å². The fourth-order valence-electron chi connectivity index (χ4n) is 0.994. The third-order valence-corrected chi connectivity index (χ3v) is 2.62. The van der Waals surface area contributed by atoms with Gasteiger partial charge in [-0.2, -0.15) is 0 Å². The van der Waals surface area contributed by atoms with Crippen molar-refractivity contribution in [1.29, 1.82) is 0 Å². The van der Waals surface area contributed by atoms with Crippen molar-refractivity contribution in [1.82, 2.24) is 10.3 Å². The van der Waals surface area contributed by atoms with Gasteiger partial charge in [-0.1, -0.05) is 6.08 Å². The van der Waals surface area contributed by atoms with Gasteiger partial charge in [0.1, 0.15) is 0 Å². The normalized spacial score (nSPS) is 11.5. The molecule has 0 saturated heterocycles. The molecule has 0 saturated carbocycles. The minimum atomic E-state index is -0.283. The zero-order valence-corrected chi connectivity index (χ0v) is 9.63. The Kier molecular flexibility index (Phi) is 5.00. The molecule has 1 aromatic heterocycles. The second-order valence-electron chi connectivity index (χ2n) is 2.98. The lowest BCUT2D eigenvalue weighted by atomic mass is 10.3. The van der Waals surface area contributed by atoms with Gasteiger partial charge < -0.3 is 10.1 Å². The Bertz CT molecular complexity index is 333. The van der Waals surface area contributed by atoms with Gasteiger partial charge in [-0.15, -0.1) is 11.3 Å². The number of thiazole rings is 1. The summed E-state index contributed by atoms with van der Waals surface area (Å²) in [6.45, 7) is 3.16. The second-order valence-corrected chi connectivity index (χ2v) is 3.95. The van der Waals surface area contributed by atoms with Gasteiger partial charge in [0.2, 0.25) is 0 Å². The zero-order chi connectivity index (χ0) is 11.1. The van der Waals surface area contributed by atoms with Crippen molar-refractivity contribution < 1.29 is 9.53 Å². The summed E-state index contributed by atoms with van der Waals surface area (Å²) in [7, 11) is 1.38. The number of nitrogens with zero attached hydrogens (tertiary/aromatic N) is 1. The lowest BCUT2D eigenvalue weighted by Crippen LogP contribution is -2.13. The molecular formula is C10H14N2O2S. The molecule has 0 aliphatic heterocycles. The van der Waals surface area contributed by atoms with Crippen molar-refractivity contribution in [2.24, 2.45) is 0 Å². The predicted molar refractivity (Wildman–Crippen MR) is 59.6 cm³/mol. The number of hydrogen-bond donors (Lipinski definition) is 1. The van der Waals surface area contributed by atoms with Crippen LogP contribution >= 0.6 is 11.3 Å². The number of ether oxygens (including phenoxy) is 1. The first kappa shape index (κ1) is 11.9. The molecule has 0 radical (unpaired) electrons. The van der Waals surface area contributed by atoms with E-state index in [9.17, 15) is 4.79 Å². The third kappa shape index (κ3) is 4.22. The zero-order valence-electron chi connectivity index (χ0n) is 8.82. The van der Waals surface area contributed by atoms with Crippen LogP contribution in [0.4, 0.5) is 0 Å². The molecule has 0 aromatic carbocycles. The summed E-state index contributed by atoms with van der Waals surface area (Å²) in [5, 5.41) is 3.18. The Hall–Kier alpha value is -1.20. The summed E-state index contributed by atoms with van der Waals surface area (Å²) in [4.78, 5) is 16.2. The molecule has 1 aromatic rings. The van der Waals surface area contributed by atoms with E-state index in [4.69, 9.17) is 0 Å². The van der Waals surface area contributed by atoms with Crippen LogP contribution in [0.3, 0.4) is 0 Å². The van der Waals surface area contributed by atoms with E-state index >= 15 is 0 Å². The average molecular weight is 226 g/mol. The van der Waals surface area contributed by atoms with Crippen molar-refractivity contribution in [2.45, 2.75) is 13.5 Å². The summed E-state index contributed by atoms with van der Waals surface area (Å²) in [6, 6.07) is 0. The number of aromatic nitrogens is 1. The van der Waals surface area contributed by atoms with Crippen LogP contribution in [0.25, 0.3) is 0 Å². The van der Waals surface area contributed by atoms with Crippen LogP contribution < -0.4 is 5.32 Å². The number of carbonyl (C=O) groups excluding carboxylic acids is 1. The fourth-order valence-corrected chi connectivity index (χ4v) is 1.56. The Morgan fingerprint density at radius 3 is 3.13 bits per heavy atom. The largest absolute Gasteiger partial charge is 0.466 e. The molecule has 0 amide bonds. The van der Waals surface area contributed by atoms with Crippen LogP contribution in [0.2, 0.25) is 0 Å². The molecule has 0 bridgehead atoms. The molecule has 0 aliphatic rings. The smallest absolute Gasteiger partial charge is 0.333 e. The van der Waals surface area contributed by atoms with Crippen molar-refractivity contribution >= 4 is 17.3 Å². The quantitative estimate of drug-likeness (QED) is 0.468. The van der Waals surface area contributed by atoms with Crippen LogP contribution in [0.1, 0.15) is 11.8 Å². The first-order valence-electron chi connectivity index (χ1n) is 4.57. The van der Waals surface area contributed by atoms with Crippen molar-refractivity contribution in [2.75, 3.05) is 13.7 Å². The SMILES string of the molecule is COC(=O)C(C)=CCNCc1cncs1. The number of carbonyl (C=O) groups is 1. The summed E-state index contributed by atoms with van der Waals surface area (Å²) < 4.78 is 4.57. The molecule has 1 rings (SSSR count). The standard InChI is InChI=1S/C10H14N2O2S/c1-8(10(13)14-2)3-4-11-5-9-6-12-7-15-9/h3,6-7,11H,4-5H2,1-2H3. The molecule has 4 nitrogen and oxygen atoms in total. The first-order chi connectivity index (χ1) is 7.24. The lowest BCUT2D eigenvalue weighted by molar-refractivity contribution is -0.136. The molecule has 5 heteroatoms. The van der Waals surface area contributed by atoms with Gasteiger partial charge in [-0.25, -0.2) is 4.79 Å². The fraction of sp³-hybridized carbons (Fsp3) is 0.400. The van der Waals surface area contributed by atoms with E-state index in [1.165, 1.54) is 12.0 Å². The van der Waals surface area contributed by atoms with E-state index in [0.29, 0.717) is 12.1 Å². The first-order valence-corrected chi connectivity index (χ1v) is 5.45. The predicted octanol–water partition coefficient (Wildman–Crippen LogP) is 1.35. The topological polar surface area (TPSA) is 51.2 Å². The number of hydrogen-bond acceptors (Lipinski definition) is 5. The van der Waals surface area contributed by atoms with Crippen molar-refractivity contribution in [3.63, 3.8) is 0 Å². The second kappa shape index (κ2) is 6.31. The minimum absolute atomic E-state index is 0.283. The summed E-state index contributed by atoms with van der Waals surface area (Å²) in [5.74, 6) is -0.283. The molecule has 0 unspecified atom stereocenters. The highest BCUT2D eigenvalue weighted by Gasteiger charge is 2.01. The van der Waals surface area contributed by atoms with Gasteiger partial charge in [-0.3, -0.25) is 4.98 Å². The van der Waals surface area contributed by atoms with Crippen LogP contribution in [-0.4, -0.2) is 24.6 Å². The highest BCUT2D eigenvalue weighted by molar-refractivity contribution is 7.09. The van der Waals surface area contributed by atoms with E-state index in [1.807, 2.05) is 12.3 Å². The molecule has 0 aliphatic carbocycles. The molecule has 0 spiro atoms. The maximum absolute atomic E-state index is 11.0. The lowest BCUT2D eigenvalue weighted by Gasteiger charge is -2.00. The minimum Gasteiger partial charge on any atom is -0.466 e. The molecule has 1 N–H and O–H groups in total. The third-order valence-electron chi connectivity index (χ3n) is 1.84. The van der Waals surface area contributed by atoms with Crippen molar-refractivity contribution in [3.05, 3.63) is 28.2 Å². The maximum Gasteiger partial charge on any atom is 0.333 e. The highest BCUT2D eigenvalue weighted by atomic mass is 32.1. The average Bonchev–Trinajstić information content (AvgIpc) is 2.75. The van der Waals surface area contributed by atoms with Crippen LogP contribution in [0, 0.1) is 0 Å².